The van der Waals surface area contributed by atoms with Crippen molar-refractivity contribution < 1.29 is 4.79 Å². The number of aromatic nitrogens is 1. The van der Waals surface area contributed by atoms with Crippen LogP contribution in [-0.4, -0.2) is 42.0 Å². The first-order valence-electron chi connectivity index (χ1n) is 9.94. The molecular formula is C23H26ClN3OS. The van der Waals surface area contributed by atoms with Crippen LogP contribution in [0, 0.1) is 6.92 Å². The van der Waals surface area contributed by atoms with Crippen LogP contribution in [0.15, 0.2) is 36.4 Å². The van der Waals surface area contributed by atoms with E-state index in [0.29, 0.717) is 13.1 Å². The predicted octanol–water partition coefficient (Wildman–Crippen LogP) is 5.52. The molecule has 1 saturated heterocycles. The summed E-state index contributed by atoms with van der Waals surface area (Å²) in [5.74, 6) is 0.105. The van der Waals surface area contributed by atoms with Gasteiger partial charge in [0, 0.05) is 31.7 Å². The van der Waals surface area contributed by atoms with Gasteiger partial charge in [-0.25, -0.2) is 4.98 Å². The number of anilines is 1. The number of amides is 1. The summed E-state index contributed by atoms with van der Waals surface area (Å²) in [7, 11) is 0. The summed E-state index contributed by atoms with van der Waals surface area (Å²) < 4.78 is 1.04. The largest absolute Gasteiger partial charge is 0.345 e. The van der Waals surface area contributed by atoms with Gasteiger partial charge < -0.3 is 9.80 Å². The van der Waals surface area contributed by atoms with Crippen LogP contribution < -0.4 is 4.90 Å². The number of rotatable bonds is 2. The zero-order valence-corrected chi connectivity index (χ0v) is 18.9. The van der Waals surface area contributed by atoms with Crippen molar-refractivity contribution in [3.8, 4) is 0 Å². The lowest BCUT2D eigenvalue weighted by molar-refractivity contribution is 0.0746. The van der Waals surface area contributed by atoms with Gasteiger partial charge in [0.1, 0.15) is 0 Å². The van der Waals surface area contributed by atoms with E-state index in [0.717, 1.165) is 44.6 Å². The molecule has 2 aromatic carbocycles. The Labute approximate surface area is 181 Å². The summed E-state index contributed by atoms with van der Waals surface area (Å²) >= 11 is 7.99. The second kappa shape index (κ2) is 7.62. The Morgan fingerprint density at radius 3 is 2.28 bits per heavy atom. The summed E-state index contributed by atoms with van der Waals surface area (Å²) in [5.41, 5.74) is 4.21. The van der Waals surface area contributed by atoms with Crippen molar-refractivity contribution in [1.82, 2.24) is 9.88 Å². The zero-order valence-electron chi connectivity index (χ0n) is 17.3. The molecule has 0 bridgehead atoms. The molecule has 152 valence electrons. The smallest absolute Gasteiger partial charge is 0.253 e. The van der Waals surface area contributed by atoms with Crippen LogP contribution >= 0.6 is 22.9 Å². The van der Waals surface area contributed by atoms with Crippen molar-refractivity contribution in [3.05, 3.63) is 58.1 Å². The molecule has 0 radical (unpaired) electrons. The fourth-order valence-corrected chi connectivity index (χ4v) is 4.99. The van der Waals surface area contributed by atoms with Gasteiger partial charge in [0.15, 0.2) is 5.13 Å². The fourth-order valence-electron chi connectivity index (χ4n) is 3.62. The van der Waals surface area contributed by atoms with Crippen molar-refractivity contribution in [2.24, 2.45) is 0 Å². The molecule has 0 unspecified atom stereocenters. The third kappa shape index (κ3) is 3.99. The molecule has 4 nitrogen and oxygen atoms in total. The van der Waals surface area contributed by atoms with Crippen LogP contribution in [0.25, 0.3) is 10.2 Å². The number of fused-ring (bicyclic) bond motifs is 1. The van der Waals surface area contributed by atoms with Crippen LogP contribution in [0.3, 0.4) is 0 Å². The average Bonchev–Trinajstić information content (AvgIpc) is 3.17. The molecule has 1 aliphatic heterocycles. The van der Waals surface area contributed by atoms with E-state index >= 15 is 0 Å². The Balaban J connectivity index is 1.45. The summed E-state index contributed by atoms with van der Waals surface area (Å²) in [6, 6.07) is 12.0. The van der Waals surface area contributed by atoms with E-state index in [4.69, 9.17) is 16.6 Å². The minimum absolute atomic E-state index is 0.0890. The number of piperazine rings is 1. The van der Waals surface area contributed by atoms with Crippen molar-refractivity contribution in [2.45, 2.75) is 33.1 Å². The SMILES string of the molecule is Cc1ccc(Cl)c2sc(N3CCN(C(=O)c4ccc(C(C)(C)C)cc4)CC3)nc12. The second-order valence-corrected chi connectivity index (χ2v) is 10.0. The molecule has 6 heteroatoms. The number of hydrogen-bond donors (Lipinski definition) is 0. The molecule has 0 aliphatic carbocycles. The van der Waals surface area contributed by atoms with E-state index in [1.807, 2.05) is 29.2 Å². The maximum atomic E-state index is 12.9. The highest BCUT2D eigenvalue weighted by Crippen LogP contribution is 2.36. The first-order valence-corrected chi connectivity index (χ1v) is 11.1. The molecule has 0 spiro atoms. The molecule has 1 aromatic heterocycles. The second-order valence-electron chi connectivity index (χ2n) is 8.65. The summed E-state index contributed by atoms with van der Waals surface area (Å²) in [6.45, 7) is 11.6. The average molecular weight is 428 g/mol. The molecule has 29 heavy (non-hydrogen) atoms. The maximum absolute atomic E-state index is 12.9. The van der Waals surface area contributed by atoms with Crippen LogP contribution in [0.2, 0.25) is 5.02 Å². The van der Waals surface area contributed by atoms with Gasteiger partial charge in [-0.15, -0.1) is 0 Å². The maximum Gasteiger partial charge on any atom is 0.253 e. The number of benzene rings is 2. The topological polar surface area (TPSA) is 36.4 Å². The molecule has 0 atom stereocenters. The third-order valence-corrected chi connectivity index (χ3v) is 7.10. The van der Waals surface area contributed by atoms with Gasteiger partial charge >= 0.3 is 0 Å². The molecule has 3 aromatic rings. The van der Waals surface area contributed by atoms with E-state index < -0.39 is 0 Å². The number of carbonyl (C=O) groups excluding carboxylic acids is 1. The predicted molar refractivity (Wildman–Crippen MR) is 123 cm³/mol. The Kier molecular flexibility index (Phi) is 5.30. The minimum Gasteiger partial charge on any atom is -0.345 e. The van der Waals surface area contributed by atoms with Gasteiger partial charge in [-0.3, -0.25) is 4.79 Å². The number of aryl methyl sites for hydroxylation is 1. The van der Waals surface area contributed by atoms with E-state index in [1.165, 1.54) is 5.56 Å². The van der Waals surface area contributed by atoms with Gasteiger partial charge in [0.2, 0.25) is 0 Å². The van der Waals surface area contributed by atoms with E-state index in [9.17, 15) is 4.79 Å². The number of halogens is 1. The lowest BCUT2D eigenvalue weighted by atomic mass is 9.86. The summed E-state index contributed by atoms with van der Waals surface area (Å²) in [4.78, 5) is 21.9. The van der Waals surface area contributed by atoms with Gasteiger partial charge in [0.25, 0.3) is 5.91 Å². The van der Waals surface area contributed by atoms with Crippen molar-refractivity contribution >= 4 is 44.2 Å². The summed E-state index contributed by atoms with van der Waals surface area (Å²) in [6.07, 6.45) is 0. The minimum atomic E-state index is 0.0890. The number of carbonyl (C=O) groups is 1. The van der Waals surface area contributed by atoms with Crippen LogP contribution in [0.1, 0.15) is 42.3 Å². The van der Waals surface area contributed by atoms with E-state index in [1.54, 1.807) is 11.3 Å². The quantitative estimate of drug-likeness (QED) is 0.540. The van der Waals surface area contributed by atoms with Gasteiger partial charge in [-0.05, 0) is 41.7 Å². The van der Waals surface area contributed by atoms with Crippen molar-refractivity contribution in [2.75, 3.05) is 31.1 Å². The lowest BCUT2D eigenvalue weighted by Gasteiger charge is -2.34. The Morgan fingerprint density at radius 1 is 1.03 bits per heavy atom. The highest BCUT2D eigenvalue weighted by molar-refractivity contribution is 7.22. The standard InChI is InChI=1S/C23H26ClN3OS/c1-15-5-10-18(24)20-19(15)25-22(29-20)27-13-11-26(12-14-27)21(28)16-6-8-17(9-7-16)23(2,3)4/h5-10H,11-14H2,1-4H3. The van der Waals surface area contributed by atoms with E-state index in [2.05, 4.69) is 44.7 Å². The van der Waals surface area contributed by atoms with E-state index in [-0.39, 0.29) is 11.3 Å². The lowest BCUT2D eigenvalue weighted by Crippen LogP contribution is -2.48. The first-order chi connectivity index (χ1) is 13.7. The highest BCUT2D eigenvalue weighted by atomic mass is 35.5. The highest BCUT2D eigenvalue weighted by Gasteiger charge is 2.25. The van der Waals surface area contributed by atoms with Crippen molar-refractivity contribution in [1.29, 1.82) is 0 Å². The van der Waals surface area contributed by atoms with Gasteiger partial charge in [0.05, 0.1) is 15.2 Å². The molecule has 4 rings (SSSR count). The van der Waals surface area contributed by atoms with Crippen molar-refractivity contribution in [3.63, 3.8) is 0 Å². The Bertz CT molecular complexity index is 1010. The molecular weight excluding hydrogens is 402 g/mol. The Morgan fingerprint density at radius 2 is 1.69 bits per heavy atom. The van der Waals surface area contributed by atoms with Crippen LogP contribution in [0.4, 0.5) is 5.13 Å². The number of nitrogens with zero attached hydrogens (tertiary/aromatic N) is 3. The van der Waals surface area contributed by atoms with Gasteiger partial charge in [-0.2, -0.15) is 0 Å². The molecule has 0 saturated carbocycles. The molecule has 2 heterocycles. The summed E-state index contributed by atoms with van der Waals surface area (Å²) in [5, 5.41) is 1.74. The molecule has 0 N–H and O–H groups in total. The fraction of sp³-hybridized carbons (Fsp3) is 0.391. The van der Waals surface area contributed by atoms with Crippen LogP contribution in [-0.2, 0) is 5.41 Å². The molecule has 1 fully saturated rings. The normalized spacial score (nSPS) is 15.2. The number of hydrogen-bond acceptors (Lipinski definition) is 4. The first kappa shape index (κ1) is 20.2. The monoisotopic (exact) mass is 427 g/mol. The van der Waals surface area contributed by atoms with Gasteiger partial charge in [-0.1, -0.05) is 61.9 Å². The Hall–Kier alpha value is -2.11. The molecule has 1 aliphatic rings. The molecule has 1 amide bonds. The van der Waals surface area contributed by atoms with Crippen LogP contribution in [0.5, 0.6) is 0 Å². The zero-order chi connectivity index (χ0) is 20.8. The third-order valence-electron chi connectivity index (χ3n) is 5.52. The number of thiazole rings is 1.